The number of rotatable bonds is 8. The van der Waals surface area contributed by atoms with Crippen molar-refractivity contribution in [2.75, 3.05) is 12.3 Å². The molecule has 0 saturated heterocycles. The van der Waals surface area contributed by atoms with Crippen LogP contribution in [0, 0.1) is 0 Å². The zero-order valence-electron chi connectivity index (χ0n) is 9.56. The highest BCUT2D eigenvalue weighted by Crippen LogP contribution is 2.15. The van der Waals surface area contributed by atoms with E-state index in [4.69, 9.17) is 5.11 Å². The highest BCUT2D eigenvalue weighted by Gasteiger charge is 2.19. The van der Waals surface area contributed by atoms with Crippen LogP contribution in [-0.2, 0) is 4.79 Å². The number of carbonyl (C=O) groups is 1. The van der Waals surface area contributed by atoms with E-state index in [2.05, 4.69) is 5.32 Å². The van der Waals surface area contributed by atoms with E-state index in [0.717, 1.165) is 6.42 Å². The third-order valence-electron chi connectivity index (χ3n) is 2.14. The van der Waals surface area contributed by atoms with Gasteiger partial charge in [-0.2, -0.15) is 11.8 Å². The Labute approximate surface area is 95.4 Å². The molecule has 4 nitrogen and oxygen atoms in total. The van der Waals surface area contributed by atoms with E-state index in [1.807, 2.05) is 13.8 Å². The van der Waals surface area contributed by atoms with Crippen molar-refractivity contribution in [3.05, 3.63) is 0 Å². The van der Waals surface area contributed by atoms with Crippen molar-refractivity contribution in [2.45, 2.75) is 44.6 Å². The van der Waals surface area contributed by atoms with Gasteiger partial charge in [-0.15, -0.1) is 0 Å². The maximum absolute atomic E-state index is 10.8. The van der Waals surface area contributed by atoms with E-state index in [-0.39, 0.29) is 5.25 Å². The average Bonchev–Trinajstić information content (AvgIpc) is 2.16. The summed E-state index contributed by atoms with van der Waals surface area (Å²) in [7, 11) is 0. The van der Waals surface area contributed by atoms with Crippen molar-refractivity contribution >= 4 is 17.7 Å². The van der Waals surface area contributed by atoms with Gasteiger partial charge in [-0.3, -0.25) is 4.79 Å². The summed E-state index contributed by atoms with van der Waals surface area (Å²) in [5, 5.41) is 21.2. The minimum atomic E-state index is -0.825. The molecule has 0 amide bonds. The molecule has 0 aliphatic rings. The van der Waals surface area contributed by atoms with Crippen molar-refractivity contribution in [2.24, 2.45) is 0 Å². The Kier molecular flexibility index (Phi) is 7.82. The van der Waals surface area contributed by atoms with Gasteiger partial charge < -0.3 is 15.5 Å². The van der Waals surface area contributed by atoms with Crippen molar-refractivity contribution in [3.8, 4) is 0 Å². The fourth-order valence-corrected chi connectivity index (χ4v) is 1.96. The topological polar surface area (TPSA) is 69.6 Å². The fraction of sp³-hybridized carbons (Fsp3) is 0.900. The predicted octanol–water partition coefficient (Wildman–Crippen LogP) is 0.942. The van der Waals surface area contributed by atoms with Gasteiger partial charge in [0.1, 0.15) is 6.04 Å². The molecule has 0 heterocycles. The molecule has 3 unspecified atom stereocenters. The van der Waals surface area contributed by atoms with Crippen LogP contribution in [0.15, 0.2) is 0 Å². The molecule has 3 atom stereocenters. The number of carboxylic acid groups (broad SMARTS) is 1. The van der Waals surface area contributed by atoms with Crippen LogP contribution in [0.3, 0.4) is 0 Å². The van der Waals surface area contributed by atoms with E-state index in [1.165, 1.54) is 11.8 Å². The SMILES string of the molecule is CCCNC(CSC(C)C(C)O)C(=O)O. The molecule has 0 spiro atoms. The number of nitrogens with one attached hydrogen (secondary N) is 1. The van der Waals surface area contributed by atoms with E-state index >= 15 is 0 Å². The van der Waals surface area contributed by atoms with Crippen LogP contribution in [0.5, 0.6) is 0 Å². The van der Waals surface area contributed by atoms with Crippen molar-refractivity contribution in [1.82, 2.24) is 5.32 Å². The zero-order valence-corrected chi connectivity index (χ0v) is 10.4. The number of hydrogen-bond donors (Lipinski definition) is 3. The monoisotopic (exact) mass is 235 g/mol. The first-order chi connectivity index (χ1) is 6.99. The maximum Gasteiger partial charge on any atom is 0.321 e. The van der Waals surface area contributed by atoms with Crippen LogP contribution in [0.1, 0.15) is 27.2 Å². The largest absolute Gasteiger partial charge is 0.480 e. The summed E-state index contributed by atoms with van der Waals surface area (Å²) in [6.45, 7) is 6.32. The Morgan fingerprint density at radius 3 is 2.47 bits per heavy atom. The van der Waals surface area contributed by atoms with Gasteiger partial charge in [-0.25, -0.2) is 0 Å². The molecule has 90 valence electrons. The summed E-state index contributed by atoms with van der Waals surface area (Å²) < 4.78 is 0. The maximum atomic E-state index is 10.8. The second-order valence-corrected chi connectivity index (χ2v) is 5.03. The van der Waals surface area contributed by atoms with Gasteiger partial charge in [0.15, 0.2) is 0 Å². The standard InChI is InChI=1S/C10H21NO3S/c1-4-5-11-9(10(13)14)6-15-8(3)7(2)12/h7-9,11-12H,4-6H2,1-3H3,(H,13,14). The lowest BCUT2D eigenvalue weighted by Crippen LogP contribution is -2.39. The second kappa shape index (κ2) is 7.96. The number of aliphatic hydroxyl groups is 1. The Bertz CT molecular complexity index is 188. The first kappa shape index (κ1) is 14.7. The smallest absolute Gasteiger partial charge is 0.321 e. The van der Waals surface area contributed by atoms with Crippen LogP contribution < -0.4 is 5.32 Å². The van der Waals surface area contributed by atoms with Crippen LogP contribution in [-0.4, -0.2) is 45.9 Å². The third kappa shape index (κ3) is 6.76. The quantitative estimate of drug-likeness (QED) is 0.584. The number of hydrogen-bond acceptors (Lipinski definition) is 4. The molecule has 5 heteroatoms. The first-order valence-corrected chi connectivity index (χ1v) is 6.29. The normalized spacial score (nSPS) is 17.1. The molecular weight excluding hydrogens is 214 g/mol. The van der Waals surface area contributed by atoms with E-state index < -0.39 is 18.1 Å². The highest BCUT2D eigenvalue weighted by molar-refractivity contribution is 8.00. The van der Waals surface area contributed by atoms with Gasteiger partial charge in [0.05, 0.1) is 6.10 Å². The Morgan fingerprint density at radius 1 is 1.47 bits per heavy atom. The third-order valence-corrected chi connectivity index (χ3v) is 3.59. The van der Waals surface area contributed by atoms with Gasteiger partial charge in [0, 0.05) is 11.0 Å². The molecule has 0 radical (unpaired) electrons. The molecule has 0 bridgehead atoms. The van der Waals surface area contributed by atoms with E-state index in [9.17, 15) is 9.90 Å². The minimum Gasteiger partial charge on any atom is -0.480 e. The van der Waals surface area contributed by atoms with E-state index in [0.29, 0.717) is 12.3 Å². The number of aliphatic carboxylic acids is 1. The van der Waals surface area contributed by atoms with Crippen LogP contribution >= 0.6 is 11.8 Å². The molecule has 3 N–H and O–H groups in total. The summed E-state index contributed by atoms with van der Waals surface area (Å²) in [5.41, 5.74) is 0. The lowest BCUT2D eigenvalue weighted by Gasteiger charge is -2.18. The molecule has 0 aromatic heterocycles. The Balaban J connectivity index is 3.90. The summed E-state index contributed by atoms with van der Waals surface area (Å²) in [4.78, 5) is 10.8. The summed E-state index contributed by atoms with van der Waals surface area (Å²) in [6, 6.07) is -0.517. The van der Waals surface area contributed by atoms with Crippen molar-refractivity contribution in [3.63, 3.8) is 0 Å². The summed E-state index contributed by atoms with van der Waals surface area (Å²) >= 11 is 1.48. The predicted molar refractivity (Wildman–Crippen MR) is 63.3 cm³/mol. The Hall–Kier alpha value is -0.260. The van der Waals surface area contributed by atoms with Gasteiger partial charge in [-0.05, 0) is 19.9 Å². The second-order valence-electron chi connectivity index (χ2n) is 3.62. The van der Waals surface area contributed by atoms with Crippen molar-refractivity contribution in [1.29, 1.82) is 0 Å². The average molecular weight is 235 g/mol. The summed E-state index contributed by atoms with van der Waals surface area (Å²) in [6.07, 6.45) is 0.510. The van der Waals surface area contributed by atoms with Gasteiger partial charge in [-0.1, -0.05) is 13.8 Å². The molecule has 0 aromatic carbocycles. The molecular formula is C10H21NO3S. The van der Waals surface area contributed by atoms with Gasteiger partial charge in [0.2, 0.25) is 0 Å². The lowest BCUT2D eigenvalue weighted by molar-refractivity contribution is -0.138. The Morgan fingerprint density at radius 2 is 2.07 bits per heavy atom. The summed E-state index contributed by atoms with van der Waals surface area (Å²) in [5.74, 6) is -0.338. The van der Waals surface area contributed by atoms with Crippen LogP contribution in [0.2, 0.25) is 0 Å². The van der Waals surface area contributed by atoms with Gasteiger partial charge >= 0.3 is 5.97 Å². The zero-order chi connectivity index (χ0) is 11.8. The minimum absolute atomic E-state index is 0.0651. The van der Waals surface area contributed by atoms with Crippen LogP contribution in [0.25, 0.3) is 0 Å². The molecule has 15 heavy (non-hydrogen) atoms. The highest BCUT2D eigenvalue weighted by atomic mass is 32.2. The number of aliphatic hydroxyl groups excluding tert-OH is 1. The van der Waals surface area contributed by atoms with Crippen LogP contribution in [0.4, 0.5) is 0 Å². The van der Waals surface area contributed by atoms with Crippen molar-refractivity contribution < 1.29 is 15.0 Å². The molecule has 0 fully saturated rings. The number of thioether (sulfide) groups is 1. The van der Waals surface area contributed by atoms with Gasteiger partial charge in [0.25, 0.3) is 0 Å². The molecule has 0 aliphatic heterocycles. The molecule has 0 rings (SSSR count). The number of carboxylic acids is 1. The first-order valence-electron chi connectivity index (χ1n) is 5.24. The fourth-order valence-electron chi connectivity index (χ4n) is 0.923. The lowest BCUT2D eigenvalue weighted by atomic mass is 10.3. The molecule has 0 aromatic rings. The molecule has 0 saturated carbocycles. The van der Waals surface area contributed by atoms with E-state index in [1.54, 1.807) is 6.92 Å². The molecule has 0 aliphatic carbocycles.